The number of nitrogens with one attached hydrogen (secondary N) is 2. The van der Waals surface area contributed by atoms with Gasteiger partial charge in [0, 0.05) is 43.3 Å². The number of amides is 1. The van der Waals surface area contributed by atoms with Crippen LogP contribution in [0.1, 0.15) is 12.8 Å². The molecule has 1 heterocycles. The smallest absolute Gasteiger partial charge is 0.238 e. The molecule has 0 bridgehead atoms. The summed E-state index contributed by atoms with van der Waals surface area (Å²) < 4.78 is 5.20. The van der Waals surface area contributed by atoms with E-state index in [0.29, 0.717) is 43.3 Å². The van der Waals surface area contributed by atoms with Crippen LogP contribution in [0.25, 0.3) is 0 Å². The minimum absolute atomic E-state index is 0.148. The molecule has 6 heteroatoms. The lowest BCUT2D eigenvalue weighted by Gasteiger charge is -2.32. The second-order valence-electron chi connectivity index (χ2n) is 5.00. The molecule has 0 aliphatic carbocycles. The van der Waals surface area contributed by atoms with Crippen molar-refractivity contribution in [2.75, 3.05) is 31.6 Å². The molecule has 110 valence electrons. The topological polar surface area (TPSA) is 70.6 Å². The maximum absolute atomic E-state index is 11.7. The zero-order chi connectivity index (χ0) is 14.4. The first kappa shape index (κ1) is 15.3. The van der Waals surface area contributed by atoms with Crippen molar-refractivity contribution in [2.24, 2.45) is 0 Å². The summed E-state index contributed by atoms with van der Waals surface area (Å²) in [4.78, 5) is 11.7. The van der Waals surface area contributed by atoms with Gasteiger partial charge in [0.25, 0.3) is 0 Å². The zero-order valence-electron chi connectivity index (χ0n) is 11.2. The van der Waals surface area contributed by atoms with Gasteiger partial charge in [-0.25, -0.2) is 0 Å². The van der Waals surface area contributed by atoms with Gasteiger partial charge in [0.05, 0.1) is 12.1 Å². The Morgan fingerprint density at radius 2 is 2.15 bits per heavy atom. The van der Waals surface area contributed by atoms with Gasteiger partial charge in [-0.05, 0) is 18.2 Å². The Labute approximate surface area is 123 Å². The summed E-state index contributed by atoms with van der Waals surface area (Å²) in [6.07, 6.45) is 1.19. The summed E-state index contributed by atoms with van der Waals surface area (Å²) in [6.45, 7) is 1.66. The monoisotopic (exact) mass is 298 g/mol. The molecule has 0 spiro atoms. The molecule has 1 fully saturated rings. The summed E-state index contributed by atoms with van der Waals surface area (Å²) in [6, 6.07) is 6.98. The molecule has 1 aromatic carbocycles. The van der Waals surface area contributed by atoms with Crippen LogP contribution in [0.2, 0.25) is 5.02 Å². The third kappa shape index (κ3) is 4.76. The zero-order valence-corrected chi connectivity index (χ0v) is 11.9. The summed E-state index contributed by atoms with van der Waals surface area (Å²) in [5.41, 5.74) is -0.108. The second kappa shape index (κ2) is 7.04. The average molecular weight is 299 g/mol. The number of hydrogen-bond acceptors (Lipinski definition) is 4. The molecule has 1 aromatic rings. The third-order valence-corrected chi connectivity index (χ3v) is 3.51. The van der Waals surface area contributed by atoms with Gasteiger partial charge in [0.2, 0.25) is 5.91 Å². The number of benzene rings is 1. The van der Waals surface area contributed by atoms with E-state index < -0.39 is 5.60 Å². The summed E-state index contributed by atoms with van der Waals surface area (Å²) in [5.74, 6) is -0.164. The lowest BCUT2D eigenvalue weighted by atomic mass is 9.94. The van der Waals surface area contributed by atoms with E-state index in [-0.39, 0.29) is 12.5 Å². The Bertz CT molecular complexity index is 461. The predicted molar refractivity (Wildman–Crippen MR) is 78.0 cm³/mol. The fourth-order valence-electron chi connectivity index (χ4n) is 2.11. The fourth-order valence-corrected chi connectivity index (χ4v) is 2.30. The Morgan fingerprint density at radius 1 is 1.40 bits per heavy atom. The number of carbonyl (C=O) groups excluding carboxylic acids is 1. The molecular formula is C14H19ClN2O3. The van der Waals surface area contributed by atoms with E-state index in [1.807, 2.05) is 0 Å². The molecule has 5 nitrogen and oxygen atoms in total. The van der Waals surface area contributed by atoms with Gasteiger partial charge in [-0.2, -0.15) is 0 Å². The van der Waals surface area contributed by atoms with Crippen LogP contribution in [0.4, 0.5) is 5.69 Å². The normalized spacial score (nSPS) is 17.7. The molecule has 2 rings (SSSR count). The first-order valence-electron chi connectivity index (χ1n) is 6.64. The van der Waals surface area contributed by atoms with Gasteiger partial charge in [0.1, 0.15) is 0 Å². The number of anilines is 1. The van der Waals surface area contributed by atoms with Crippen LogP contribution in [0, 0.1) is 0 Å². The third-order valence-electron chi connectivity index (χ3n) is 3.27. The number of ether oxygens (including phenoxy) is 1. The van der Waals surface area contributed by atoms with Gasteiger partial charge in [-0.1, -0.05) is 17.7 Å². The highest BCUT2D eigenvalue weighted by Crippen LogP contribution is 2.19. The highest BCUT2D eigenvalue weighted by Gasteiger charge is 2.29. The largest absolute Gasteiger partial charge is 0.388 e. The summed E-state index contributed by atoms with van der Waals surface area (Å²) in [5, 5.41) is 16.5. The minimum Gasteiger partial charge on any atom is -0.388 e. The first-order valence-corrected chi connectivity index (χ1v) is 7.01. The van der Waals surface area contributed by atoms with Crippen molar-refractivity contribution >= 4 is 23.2 Å². The number of halogens is 1. The quantitative estimate of drug-likeness (QED) is 0.769. The van der Waals surface area contributed by atoms with Gasteiger partial charge in [0.15, 0.2) is 0 Å². The van der Waals surface area contributed by atoms with Gasteiger partial charge < -0.3 is 20.5 Å². The number of carbonyl (C=O) groups is 1. The lowest BCUT2D eigenvalue weighted by molar-refractivity contribution is -0.115. The molecule has 20 heavy (non-hydrogen) atoms. The predicted octanol–water partition coefficient (Wildman–Crippen LogP) is 1.41. The van der Waals surface area contributed by atoms with Crippen molar-refractivity contribution < 1.29 is 14.6 Å². The molecule has 1 aliphatic rings. The van der Waals surface area contributed by atoms with Crippen LogP contribution in [-0.2, 0) is 9.53 Å². The molecule has 1 saturated heterocycles. The molecule has 0 unspecified atom stereocenters. The lowest BCUT2D eigenvalue weighted by Crippen LogP contribution is -2.46. The van der Waals surface area contributed by atoms with E-state index >= 15 is 0 Å². The molecule has 0 aromatic heterocycles. The van der Waals surface area contributed by atoms with E-state index in [9.17, 15) is 9.90 Å². The SMILES string of the molecule is O=C(CNCC1(O)CCOCC1)Nc1cccc(Cl)c1. The van der Waals surface area contributed by atoms with Gasteiger partial charge >= 0.3 is 0 Å². The second-order valence-corrected chi connectivity index (χ2v) is 5.44. The molecule has 1 amide bonds. The van der Waals surface area contributed by atoms with Crippen LogP contribution in [0.3, 0.4) is 0 Å². The minimum atomic E-state index is -0.769. The van der Waals surface area contributed by atoms with E-state index in [1.165, 1.54) is 0 Å². The Balaban J connectivity index is 1.72. The van der Waals surface area contributed by atoms with E-state index in [2.05, 4.69) is 10.6 Å². The highest BCUT2D eigenvalue weighted by molar-refractivity contribution is 6.30. The maximum Gasteiger partial charge on any atom is 0.238 e. The van der Waals surface area contributed by atoms with Crippen LogP contribution < -0.4 is 10.6 Å². The van der Waals surface area contributed by atoms with Crippen LogP contribution in [-0.4, -0.2) is 42.9 Å². The summed E-state index contributed by atoms with van der Waals surface area (Å²) in [7, 11) is 0. The van der Waals surface area contributed by atoms with Crippen LogP contribution in [0.15, 0.2) is 24.3 Å². The van der Waals surface area contributed by atoms with Crippen molar-refractivity contribution in [3.8, 4) is 0 Å². The van der Waals surface area contributed by atoms with Gasteiger partial charge in [-0.3, -0.25) is 4.79 Å². The Morgan fingerprint density at radius 3 is 2.85 bits per heavy atom. The Hall–Kier alpha value is -1.14. The van der Waals surface area contributed by atoms with E-state index in [4.69, 9.17) is 16.3 Å². The van der Waals surface area contributed by atoms with Crippen LogP contribution in [0.5, 0.6) is 0 Å². The van der Waals surface area contributed by atoms with Crippen molar-refractivity contribution in [2.45, 2.75) is 18.4 Å². The van der Waals surface area contributed by atoms with E-state index in [0.717, 1.165) is 0 Å². The standard InChI is InChI=1S/C14H19ClN2O3/c15-11-2-1-3-12(8-11)17-13(18)9-16-10-14(19)4-6-20-7-5-14/h1-3,8,16,19H,4-7,9-10H2,(H,17,18). The molecule has 3 N–H and O–H groups in total. The molecule has 1 aliphatic heterocycles. The number of hydrogen-bond donors (Lipinski definition) is 3. The van der Waals surface area contributed by atoms with Crippen molar-refractivity contribution in [3.63, 3.8) is 0 Å². The fraction of sp³-hybridized carbons (Fsp3) is 0.500. The number of rotatable bonds is 5. The Kier molecular flexibility index (Phi) is 5.37. The first-order chi connectivity index (χ1) is 9.57. The molecule has 0 saturated carbocycles. The molecule has 0 atom stereocenters. The molecular weight excluding hydrogens is 280 g/mol. The van der Waals surface area contributed by atoms with Crippen molar-refractivity contribution in [1.29, 1.82) is 0 Å². The average Bonchev–Trinajstić information content (AvgIpc) is 2.39. The van der Waals surface area contributed by atoms with Crippen molar-refractivity contribution in [3.05, 3.63) is 29.3 Å². The summed E-state index contributed by atoms with van der Waals surface area (Å²) >= 11 is 5.84. The van der Waals surface area contributed by atoms with Crippen LogP contribution >= 0.6 is 11.6 Å². The maximum atomic E-state index is 11.7. The number of aliphatic hydroxyl groups is 1. The molecule has 0 radical (unpaired) electrons. The van der Waals surface area contributed by atoms with Crippen molar-refractivity contribution in [1.82, 2.24) is 5.32 Å². The van der Waals surface area contributed by atoms with E-state index in [1.54, 1.807) is 24.3 Å². The highest BCUT2D eigenvalue weighted by atomic mass is 35.5. The van der Waals surface area contributed by atoms with Gasteiger partial charge in [-0.15, -0.1) is 0 Å².